The summed E-state index contributed by atoms with van der Waals surface area (Å²) in [5.74, 6) is 0. The van der Waals surface area contributed by atoms with Crippen molar-refractivity contribution in [2.24, 2.45) is 5.73 Å². The van der Waals surface area contributed by atoms with Gasteiger partial charge >= 0.3 is 0 Å². The molecular weight excluding hydrogens is 327 g/mol. The molecule has 1 aromatic heterocycles. The molecular formula is C12H15IN4. The van der Waals surface area contributed by atoms with Crippen LogP contribution < -0.4 is 5.73 Å². The molecule has 4 nitrogen and oxygen atoms in total. The Bertz CT molecular complexity index is 496. The Morgan fingerprint density at radius 3 is 2.47 bits per heavy atom. The summed E-state index contributed by atoms with van der Waals surface area (Å²) in [6, 6.07) is 8.36. The van der Waals surface area contributed by atoms with Gasteiger partial charge in [-0.15, -0.1) is 5.10 Å². The number of halogens is 1. The molecule has 0 aliphatic carbocycles. The number of nitrogens with two attached hydrogens (primary N) is 1. The Morgan fingerprint density at radius 2 is 1.94 bits per heavy atom. The molecule has 0 aliphatic heterocycles. The first-order valence-electron chi connectivity index (χ1n) is 5.39. The van der Waals surface area contributed by atoms with E-state index < -0.39 is 5.54 Å². The number of nitrogens with zero attached hydrogens (tertiary/aromatic N) is 3. The third-order valence-corrected chi connectivity index (χ3v) is 3.18. The van der Waals surface area contributed by atoms with Crippen molar-refractivity contribution < 1.29 is 0 Å². The third kappa shape index (κ3) is 3.26. The average Bonchev–Trinajstić information content (AvgIpc) is 2.69. The fourth-order valence-electron chi connectivity index (χ4n) is 1.45. The molecule has 2 N–H and O–H groups in total. The van der Waals surface area contributed by atoms with Crippen molar-refractivity contribution in [2.75, 3.05) is 0 Å². The van der Waals surface area contributed by atoms with E-state index in [9.17, 15) is 0 Å². The van der Waals surface area contributed by atoms with Gasteiger partial charge in [0.2, 0.25) is 0 Å². The van der Waals surface area contributed by atoms with Crippen molar-refractivity contribution in [2.45, 2.75) is 25.9 Å². The lowest BCUT2D eigenvalue weighted by molar-refractivity contribution is 0.533. The van der Waals surface area contributed by atoms with Gasteiger partial charge in [0.25, 0.3) is 0 Å². The van der Waals surface area contributed by atoms with Crippen molar-refractivity contribution in [3.63, 3.8) is 0 Å². The second-order valence-corrected chi connectivity index (χ2v) is 5.90. The lowest BCUT2D eigenvalue weighted by Gasteiger charge is -2.13. The number of rotatable bonds is 3. The number of hydrogen-bond acceptors (Lipinski definition) is 3. The Balaban J connectivity index is 2.14. The van der Waals surface area contributed by atoms with E-state index >= 15 is 0 Å². The highest BCUT2D eigenvalue weighted by Gasteiger charge is 2.18. The smallest absolute Gasteiger partial charge is 0.102 e. The Hall–Kier alpha value is -0.950. The van der Waals surface area contributed by atoms with E-state index in [2.05, 4.69) is 57.2 Å². The van der Waals surface area contributed by atoms with Gasteiger partial charge in [0.15, 0.2) is 0 Å². The number of hydrogen-bond donors (Lipinski definition) is 1. The number of benzene rings is 1. The van der Waals surface area contributed by atoms with E-state index in [0.717, 1.165) is 12.2 Å². The summed E-state index contributed by atoms with van der Waals surface area (Å²) in [6.45, 7) is 4.57. The molecule has 90 valence electrons. The zero-order chi connectivity index (χ0) is 12.5. The largest absolute Gasteiger partial charge is 0.320 e. The molecule has 0 fully saturated rings. The van der Waals surface area contributed by atoms with E-state index in [1.54, 1.807) is 0 Å². The van der Waals surface area contributed by atoms with Gasteiger partial charge in [-0.3, -0.25) is 0 Å². The second-order valence-electron chi connectivity index (χ2n) is 4.65. The SMILES string of the molecule is CC(C)(N)c1cn(Cc2ccc(I)cc2)nn1. The van der Waals surface area contributed by atoms with Gasteiger partial charge in [-0.25, -0.2) is 4.68 Å². The lowest BCUT2D eigenvalue weighted by Crippen LogP contribution is -2.29. The van der Waals surface area contributed by atoms with Crippen LogP contribution in [0.4, 0.5) is 0 Å². The van der Waals surface area contributed by atoms with Crippen LogP contribution in [0.5, 0.6) is 0 Å². The van der Waals surface area contributed by atoms with E-state index in [0.29, 0.717) is 0 Å². The van der Waals surface area contributed by atoms with Gasteiger partial charge < -0.3 is 5.73 Å². The zero-order valence-corrected chi connectivity index (χ0v) is 12.0. The quantitative estimate of drug-likeness (QED) is 0.870. The minimum absolute atomic E-state index is 0.440. The summed E-state index contributed by atoms with van der Waals surface area (Å²) in [5, 5.41) is 8.17. The highest BCUT2D eigenvalue weighted by molar-refractivity contribution is 14.1. The normalized spacial score (nSPS) is 11.8. The van der Waals surface area contributed by atoms with Gasteiger partial charge in [-0.1, -0.05) is 17.3 Å². The van der Waals surface area contributed by atoms with Crippen molar-refractivity contribution >= 4 is 22.6 Å². The van der Waals surface area contributed by atoms with Crippen LogP contribution in [0.3, 0.4) is 0 Å². The Kier molecular flexibility index (Phi) is 3.48. The lowest BCUT2D eigenvalue weighted by atomic mass is 10.0. The molecule has 5 heteroatoms. The fraction of sp³-hybridized carbons (Fsp3) is 0.333. The van der Waals surface area contributed by atoms with Crippen LogP contribution in [-0.4, -0.2) is 15.0 Å². The molecule has 0 radical (unpaired) electrons. The topological polar surface area (TPSA) is 56.7 Å². The average molecular weight is 342 g/mol. The predicted molar refractivity (Wildman–Crippen MR) is 75.5 cm³/mol. The predicted octanol–water partition coefficient (Wildman–Crippen LogP) is 2.12. The molecule has 1 heterocycles. The molecule has 0 amide bonds. The van der Waals surface area contributed by atoms with Crippen LogP contribution >= 0.6 is 22.6 Å². The molecule has 1 aromatic carbocycles. The first-order chi connectivity index (χ1) is 7.95. The molecule has 0 spiro atoms. The maximum Gasteiger partial charge on any atom is 0.102 e. The van der Waals surface area contributed by atoms with Gasteiger partial charge in [0.05, 0.1) is 18.3 Å². The minimum atomic E-state index is -0.440. The van der Waals surface area contributed by atoms with Gasteiger partial charge in [0, 0.05) is 3.57 Å². The maximum absolute atomic E-state index is 5.97. The highest BCUT2D eigenvalue weighted by Crippen LogP contribution is 2.13. The van der Waals surface area contributed by atoms with Crippen LogP contribution in [-0.2, 0) is 12.1 Å². The highest BCUT2D eigenvalue weighted by atomic mass is 127. The minimum Gasteiger partial charge on any atom is -0.320 e. The molecule has 0 unspecified atom stereocenters. The van der Waals surface area contributed by atoms with Crippen LogP contribution in [0.15, 0.2) is 30.5 Å². The van der Waals surface area contributed by atoms with E-state index in [-0.39, 0.29) is 0 Å². The summed E-state index contributed by atoms with van der Waals surface area (Å²) < 4.78 is 3.04. The summed E-state index contributed by atoms with van der Waals surface area (Å²) in [6.07, 6.45) is 1.90. The summed E-state index contributed by atoms with van der Waals surface area (Å²) in [5.41, 5.74) is 7.54. The van der Waals surface area contributed by atoms with Crippen LogP contribution in [0, 0.1) is 3.57 Å². The van der Waals surface area contributed by atoms with Crippen molar-refractivity contribution in [1.82, 2.24) is 15.0 Å². The summed E-state index contributed by atoms with van der Waals surface area (Å²) >= 11 is 2.29. The van der Waals surface area contributed by atoms with Crippen LogP contribution in [0.2, 0.25) is 0 Å². The van der Waals surface area contributed by atoms with Crippen LogP contribution in [0.1, 0.15) is 25.1 Å². The first kappa shape index (κ1) is 12.5. The molecule has 17 heavy (non-hydrogen) atoms. The van der Waals surface area contributed by atoms with E-state index in [4.69, 9.17) is 5.73 Å². The molecule has 0 saturated carbocycles. The van der Waals surface area contributed by atoms with E-state index in [1.807, 2.05) is 24.7 Å². The molecule has 2 rings (SSSR count). The molecule has 0 bridgehead atoms. The van der Waals surface area contributed by atoms with Gasteiger partial charge in [-0.05, 0) is 54.1 Å². The molecule has 0 atom stereocenters. The van der Waals surface area contributed by atoms with Gasteiger partial charge in [0.1, 0.15) is 5.69 Å². The maximum atomic E-state index is 5.97. The Labute approximate surface area is 114 Å². The summed E-state index contributed by atoms with van der Waals surface area (Å²) in [4.78, 5) is 0. The summed E-state index contributed by atoms with van der Waals surface area (Å²) in [7, 11) is 0. The van der Waals surface area contributed by atoms with Crippen molar-refractivity contribution in [3.8, 4) is 0 Å². The standard InChI is InChI=1S/C12H15IN4/c1-12(2,14)11-8-17(16-15-11)7-9-3-5-10(13)6-4-9/h3-6,8H,7,14H2,1-2H3. The first-order valence-corrected chi connectivity index (χ1v) is 6.47. The monoisotopic (exact) mass is 342 g/mol. The molecule has 0 saturated heterocycles. The molecule has 0 aliphatic rings. The van der Waals surface area contributed by atoms with Crippen LogP contribution in [0.25, 0.3) is 0 Å². The molecule has 2 aromatic rings. The van der Waals surface area contributed by atoms with Crippen molar-refractivity contribution in [3.05, 3.63) is 45.3 Å². The Morgan fingerprint density at radius 1 is 1.29 bits per heavy atom. The second kappa shape index (κ2) is 4.73. The fourth-order valence-corrected chi connectivity index (χ4v) is 1.81. The zero-order valence-electron chi connectivity index (χ0n) is 9.89. The third-order valence-electron chi connectivity index (χ3n) is 2.46. The van der Waals surface area contributed by atoms with E-state index in [1.165, 1.54) is 9.13 Å². The number of aromatic nitrogens is 3. The van der Waals surface area contributed by atoms with Gasteiger partial charge in [-0.2, -0.15) is 0 Å². The van der Waals surface area contributed by atoms with Crippen molar-refractivity contribution in [1.29, 1.82) is 0 Å².